The van der Waals surface area contributed by atoms with E-state index in [1.807, 2.05) is 22.4 Å². The average Bonchev–Trinajstić information content (AvgIpc) is 3.46. The van der Waals surface area contributed by atoms with E-state index in [2.05, 4.69) is 20.3 Å². The van der Waals surface area contributed by atoms with Gasteiger partial charge in [0.2, 0.25) is 11.9 Å². The molecular weight excluding hydrogens is 426 g/mol. The Morgan fingerprint density at radius 3 is 2.90 bits per heavy atom. The van der Waals surface area contributed by atoms with Crippen molar-refractivity contribution < 1.29 is 9.59 Å². The number of nitrogens with zero attached hydrogens (tertiary/aromatic N) is 6. The lowest BCUT2D eigenvalue weighted by atomic mass is 10.2. The van der Waals surface area contributed by atoms with Crippen LogP contribution in [0, 0.1) is 0 Å². The number of benzene rings is 1. The highest BCUT2D eigenvalue weighted by molar-refractivity contribution is 7.14. The predicted molar refractivity (Wildman–Crippen MR) is 115 cm³/mol. The van der Waals surface area contributed by atoms with Crippen LogP contribution in [0.1, 0.15) is 10.5 Å². The van der Waals surface area contributed by atoms with Gasteiger partial charge in [0, 0.05) is 29.6 Å². The first-order valence-electron chi connectivity index (χ1n) is 9.18. The highest BCUT2D eigenvalue weighted by Crippen LogP contribution is 2.29. The van der Waals surface area contributed by atoms with Crippen molar-refractivity contribution >= 4 is 51.7 Å². The molecule has 0 atom stereocenters. The summed E-state index contributed by atoms with van der Waals surface area (Å²) in [6.07, 6.45) is 1.51. The van der Waals surface area contributed by atoms with Gasteiger partial charge in [0.1, 0.15) is 6.54 Å². The molecule has 2 aliphatic heterocycles. The summed E-state index contributed by atoms with van der Waals surface area (Å²) in [4.78, 5) is 41.9. The van der Waals surface area contributed by atoms with E-state index >= 15 is 0 Å². The Morgan fingerprint density at radius 2 is 2.10 bits per heavy atom. The van der Waals surface area contributed by atoms with Crippen LogP contribution >= 0.6 is 22.9 Å². The number of thiazole rings is 1. The Hall–Kier alpha value is -3.24. The summed E-state index contributed by atoms with van der Waals surface area (Å²) in [5.74, 6) is 0.621. The normalized spacial score (nSPS) is 15.1. The monoisotopic (exact) mass is 441 g/mol. The van der Waals surface area contributed by atoms with Crippen LogP contribution in [0.25, 0.3) is 11.3 Å². The number of halogens is 1. The van der Waals surface area contributed by atoms with Gasteiger partial charge in [0.25, 0.3) is 5.91 Å². The quantitative estimate of drug-likeness (QED) is 0.671. The molecule has 2 amide bonds. The number of rotatable bonds is 4. The molecular formula is C19H16ClN7O2S. The second-order valence-corrected chi connectivity index (χ2v) is 8.13. The molecule has 11 heteroatoms. The van der Waals surface area contributed by atoms with Gasteiger partial charge in [0.05, 0.1) is 18.6 Å². The number of carbonyl (C=O) groups excluding carboxylic acids is 2. The second-order valence-electron chi connectivity index (χ2n) is 6.84. The SMILES string of the molecule is CN1C(=O)c2c(ncn2CC(=O)Nc2nc(-c3ccc(Cl)cc3)cs2)N2CCN=C12. The topological polar surface area (TPSA) is 95.7 Å². The van der Waals surface area contributed by atoms with Crippen molar-refractivity contribution in [3.8, 4) is 11.3 Å². The summed E-state index contributed by atoms with van der Waals surface area (Å²) in [5, 5.41) is 5.79. The molecule has 2 aromatic heterocycles. The number of aromatic nitrogens is 3. The van der Waals surface area contributed by atoms with E-state index in [1.165, 1.54) is 22.6 Å². The fourth-order valence-corrected chi connectivity index (χ4v) is 4.34. The number of nitrogens with one attached hydrogen (secondary N) is 1. The van der Waals surface area contributed by atoms with Gasteiger partial charge in [0.15, 0.2) is 16.6 Å². The van der Waals surface area contributed by atoms with Crippen LogP contribution < -0.4 is 10.2 Å². The molecule has 1 N–H and O–H groups in total. The Bertz CT molecular complexity index is 1180. The van der Waals surface area contributed by atoms with Crippen molar-refractivity contribution in [3.63, 3.8) is 0 Å². The lowest BCUT2D eigenvalue weighted by molar-refractivity contribution is -0.116. The highest BCUT2D eigenvalue weighted by Gasteiger charge is 2.38. The van der Waals surface area contributed by atoms with Gasteiger partial charge in [-0.05, 0) is 12.1 Å². The van der Waals surface area contributed by atoms with Crippen LogP contribution in [0.15, 0.2) is 41.0 Å². The Balaban J connectivity index is 1.32. The first-order valence-corrected chi connectivity index (χ1v) is 10.4. The number of carbonyl (C=O) groups is 2. The van der Waals surface area contributed by atoms with Gasteiger partial charge in [-0.15, -0.1) is 11.3 Å². The molecule has 0 unspecified atom stereocenters. The van der Waals surface area contributed by atoms with Gasteiger partial charge in [-0.3, -0.25) is 24.4 Å². The summed E-state index contributed by atoms with van der Waals surface area (Å²) in [6, 6.07) is 7.33. The Labute approximate surface area is 180 Å². The zero-order valence-electron chi connectivity index (χ0n) is 15.9. The largest absolute Gasteiger partial charge is 0.315 e. The number of imidazole rings is 1. The number of amides is 2. The standard InChI is InChI=1S/C19H16ClN7O2S/c1-25-17(29)15-16(27-7-6-21-19(25)27)22-10-26(15)8-14(28)24-18-23-13(9-30-18)11-2-4-12(20)5-3-11/h2-5,9-10H,6-8H2,1H3,(H,23,24,28). The fourth-order valence-electron chi connectivity index (χ4n) is 3.48. The van der Waals surface area contributed by atoms with Gasteiger partial charge < -0.3 is 9.88 Å². The first kappa shape index (κ1) is 18.8. The van der Waals surface area contributed by atoms with E-state index < -0.39 is 0 Å². The predicted octanol–water partition coefficient (Wildman–Crippen LogP) is 2.56. The maximum Gasteiger partial charge on any atom is 0.280 e. The van der Waals surface area contributed by atoms with Crippen LogP contribution in [-0.2, 0) is 11.3 Å². The lowest BCUT2D eigenvalue weighted by Crippen LogP contribution is -2.48. The minimum Gasteiger partial charge on any atom is -0.315 e. The zero-order chi connectivity index (χ0) is 20.8. The van der Waals surface area contributed by atoms with Gasteiger partial charge in [-0.1, -0.05) is 23.7 Å². The van der Waals surface area contributed by atoms with Crippen molar-refractivity contribution in [1.82, 2.24) is 19.4 Å². The fraction of sp³-hybridized carbons (Fsp3) is 0.211. The minimum atomic E-state index is -0.288. The van der Waals surface area contributed by atoms with Crippen molar-refractivity contribution in [2.24, 2.45) is 4.99 Å². The van der Waals surface area contributed by atoms with Crippen molar-refractivity contribution in [2.45, 2.75) is 6.54 Å². The molecule has 2 aliphatic rings. The summed E-state index contributed by atoms with van der Waals surface area (Å²) < 4.78 is 1.56. The molecule has 9 nitrogen and oxygen atoms in total. The number of guanidine groups is 1. The molecule has 0 radical (unpaired) electrons. The number of hydrogen-bond donors (Lipinski definition) is 1. The van der Waals surface area contributed by atoms with Gasteiger partial charge >= 0.3 is 0 Å². The number of aliphatic imine (C=N–C) groups is 1. The maximum absolute atomic E-state index is 12.8. The Morgan fingerprint density at radius 1 is 1.30 bits per heavy atom. The van der Waals surface area contributed by atoms with Gasteiger partial charge in [-0.25, -0.2) is 9.97 Å². The second kappa shape index (κ2) is 7.22. The van der Waals surface area contributed by atoms with E-state index in [0.717, 1.165) is 11.3 Å². The third-order valence-corrected chi connectivity index (χ3v) is 5.91. The molecule has 5 rings (SSSR count). The maximum atomic E-state index is 12.8. The summed E-state index contributed by atoms with van der Waals surface area (Å²) in [5.41, 5.74) is 2.05. The summed E-state index contributed by atoms with van der Waals surface area (Å²) >= 11 is 7.25. The zero-order valence-corrected chi connectivity index (χ0v) is 17.4. The molecule has 3 aromatic rings. The Kier molecular flexibility index (Phi) is 4.52. The van der Waals surface area contributed by atoms with Gasteiger partial charge in [-0.2, -0.15) is 0 Å². The van der Waals surface area contributed by atoms with E-state index in [4.69, 9.17) is 11.6 Å². The van der Waals surface area contributed by atoms with Crippen LogP contribution in [0.2, 0.25) is 5.02 Å². The van der Waals surface area contributed by atoms with Crippen LogP contribution in [0.3, 0.4) is 0 Å². The van der Waals surface area contributed by atoms with Crippen molar-refractivity contribution in [3.05, 3.63) is 46.7 Å². The van der Waals surface area contributed by atoms with Crippen molar-refractivity contribution in [2.75, 3.05) is 30.4 Å². The van der Waals surface area contributed by atoms with E-state index in [1.54, 1.807) is 23.7 Å². The number of hydrogen-bond acceptors (Lipinski definition) is 7. The molecule has 1 aromatic carbocycles. The van der Waals surface area contributed by atoms with Crippen LogP contribution in [-0.4, -0.2) is 57.3 Å². The first-order chi connectivity index (χ1) is 14.5. The molecule has 30 heavy (non-hydrogen) atoms. The molecule has 0 saturated carbocycles. The molecule has 0 aliphatic carbocycles. The molecule has 0 saturated heterocycles. The number of anilines is 2. The summed E-state index contributed by atoms with van der Waals surface area (Å²) in [7, 11) is 1.67. The third-order valence-electron chi connectivity index (χ3n) is 4.90. The smallest absolute Gasteiger partial charge is 0.280 e. The molecule has 0 spiro atoms. The molecule has 0 bridgehead atoms. The third kappa shape index (κ3) is 3.14. The van der Waals surface area contributed by atoms with E-state index in [0.29, 0.717) is 40.7 Å². The van der Waals surface area contributed by atoms with E-state index in [9.17, 15) is 9.59 Å². The minimum absolute atomic E-state index is 0.0436. The van der Waals surface area contributed by atoms with E-state index in [-0.39, 0.29) is 18.4 Å². The average molecular weight is 442 g/mol. The summed E-state index contributed by atoms with van der Waals surface area (Å²) in [6.45, 7) is 1.23. The van der Waals surface area contributed by atoms with Crippen molar-refractivity contribution in [1.29, 1.82) is 0 Å². The molecule has 4 heterocycles. The molecule has 152 valence electrons. The number of fused-ring (bicyclic) bond motifs is 3. The lowest BCUT2D eigenvalue weighted by Gasteiger charge is -2.30. The molecule has 0 fully saturated rings. The highest BCUT2D eigenvalue weighted by atomic mass is 35.5. The van der Waals surface area contributed by atoms with Crippen LogP contribution in [0.5, 0.6) is 0 Å². The van der Waals surface area contributed by atoms with Crippen LogP contribution in [0.4, 0.5) is 10.9 Å².